The number of carbonyl (C=O) groups excluding carboxylic acids is 1. The molecule has 0 radical (unpaired) electrons. The number of ether oxygens (including phenoxy) is 2. The van der Waals surface area contributed by atoms with E-state index in [2.05, 4.69) is 10.5 Å². The minimum absolute atomic E-state index is 0.00115. The summed E-state index contributed by atoms with van der Waals surface area (Å²) in [4.78, 5) is 12.0. The monoisotopic (exact) mass is 376 g/mol. The van der Waals surface area contributed by atoms with Gasteiger partial charge in [0, 0.05) is 0 Å². The summed E-state index contributed by atoms with van der Waals surface area (Å²) in [6.45, 7) is 3.96. The first-order valence-corrected chi connectivity index (χ1v) is 8.49. The Morgan fingerprint density at radius 2 is 2.12 bits per heavy atom. The largest absolute Gasteiger partial charge is 0.507 e. The molecule has 0 spiro atoms. The Hall–Kier alpha value is -2.73. The van der Waals surface area contributed by atoms with Crippen LogP contribution in [0.15, 0.2) is 41.5 Å². The number of benzene rings is 2. The summed E-state index contributed by atoms with van der Waals surface area (Å²) in [5.74, 6) is 0.316. The normalized spacial score (nSPS) is 12.0. The Labute approximate surface area is 157 Å². The molecule has 0 unspecified atom stereocenters. The second-order valence-electron chi connectivity index (χ2n) is 5.59. The standard InChI is InChI=1S/C19H21ClN2O4/c1-4-12(2)26-18-15(20)9-13(10-17(18)25-3)11-21-22-19(24)14-7-5-6-8-16(14)23/h5-12,23H,4H2,1-3H3,(H,22,24)/b21-11+/t12-/m0/s1. The summed E-state index contributed by atoms with van der Waals surface area (Å²) in [5.41, 5.74) is 3.12. The first-order chi connectivity index (χ1) is 12.5. The van der Waals surface area contributed by atoms with E-state index in [1.54, 1.807) is 24.3 Å². The molecule has 0 saturated carbocycles. The Morgan fingerprint density at radius 3 is 2.77 bits per heavy atom. The van der Waals surface area contributed by atoms with Crippen molar-refractivity contribution in [3.63, 3.8) is 0 Å². The summed E-state index contributed by atoms with van der Waals surface area (Å²) >= 11 is 6.29. The number of para-hydroxylation sites is 1. The van der Waals surface area contributed by atoms with Gasteiger partial charge in [-0.3, -0.25) is 4.79 Å². The zero-order valence-electron chi connectivity index (χ0n) is 14.8. The van der Waals surface area contributed by atoms with Gasteiger partial charge in [0.05, 0.1) is 30.0 Å². The van der Waals surface area contributed by atoms with Crippen LogP contribution in [0.5, 0.6) is 17.2 Å². The summed E-state index contributed by atoms with van der Waals surface area (Å²) in [7, 11) is 1.52. The Morgan fingerprint density at radius 1 is 1.38 bits per heavy atom. The quantitative estimate of drug-likeness (QED) is 0.565. The van der Waals surface area contributed by atoms with E-state index in [0.29, 0.717) is 22.1 Å². The van der Waals surface area contributed by atoms with E-state index in [9.17, 15) is 9.90 Å². The molecule has 1 amide bonds. The van der Waals surface area contributed by atoms with Crippen LogP contribution in [-0.4, -0.2) is 30.4 Å². The molecule has 2 rings (SSSR count). The van der Waals surface area contributed by atoms with Crippen LogP contribution in [0.3, 0.4) is 0 Å². The van der Waals surface area contributed by atoms with E-state index in [4.69, 9.17) is 21.1 Å². The number of hydrazone groups is 1. The van der Waals surface area contributed by atoms with Crippen LogP contribution in [0.4, 0.5) is 0 Å². The molecule has 1 atom stereocenters. The molecule has 0 aliphatic carbocycles. The number of carbonyl (C=O) groups is 1. The number of hydrogen-bond acceptors (Lipinski definition) is 5. The molecule has 138 valence electrons. The van der Waals surface area contributed by atoms with E-state index in [1.807, 2.05) is 13.8 Å². The average Bonchev–Trinajstić information content (AvgIpc) is 2.63. The maximum absolute atomic E-state index is 12.0. The van der Waals surface area contributed by atoms with Crippen LogP contribution in [-0.2, 0) is 0 Å². The highest BCUT2D eigenvalue weighted by Crippen LogP contribution is 2.37. The van der Waals surface area contributed by atoms with Crippen LogP contribution in [0.25, 0.3) is 0 Å². The van der Waals surface area contributed by atoms with Crippen molar-refractivity contribution in [1.82, 2.24) is 5.43 Å². The first kappa shape index (κ1) is 19.6. The zero-order valence-corrected chi connectivity index (χ0v) is 15.6. The predicted molar refractivity (Wildman–Crippen MR) is 102 cm³/mol. The van der Waals surface area contributed by atoms with Gasteiger partial charge in [-0.15, -0.1) is 0 Å². The topological polar surface area (TPSA) is 80.2 Å². The maximum atomic E-state index is 12.0. The molecule has 0 heterocycles. The third-order valence-electron chi connectivity index (χ3n) is 3.67. The molecule has 2 N–H and O–H groups in total. The van der Waals surface area contributed by atoms with Gasteiger partial charge in [0.2, 0.25) is 0 Å². The van der Waals surface area contributed by atoms with Crippen molar-refractivity contribution in [3.8, 4) is 17.2 Å². The molecule has 2 aromatic carbocycles. The van der Waals surface area contributed by atoms with Gasteiger partial charge >= 0.3 is 0 Å². The van der Waals surface area contributed by atoms with E-state index in [0.717, 1.165) is 6.42 Å². The van der Waals surface area contributed by atoms with Gasteiger partial charge in [0.15, 0.2) is 11.5 Å². The van der Waals surface area contributed by atoms with Crippen molar-refractivity contribution in [2.75, 3.05) is 7.11 Å². The van der Waals surface area contributed by atoms with Gasteiger partial charge in [-0.05, 0) is 43.2 Å². The van der Waals surface area contributed by atoms with Crippen molar-refractivity contribution in [3.05, 3.63) is 52.5 Å². The van der Waals surface area contributed by atoms with Crippen LogP contribution in [0.1, 0.15) is 36.2 Å². The molecule has 7 heteroatoms. The Balaban J connectivity index is 2.14. The third kappa shape index (κ3) is 4.89. The van der Waals surface area contributed by atoms with E-state index in [-0.39, 0.29) is 17.4 Å². The minimum Gasteiger partial charge on any atom is -0.507 e. The number of phenolic OH excluding ortho intramolecular Hbond substituents is 1. The number of halogens is 1. The van der Waals surface area contributed by atoms with E-state index >= 15 is 0 Å². The highest BCUT2D eigenvalue weighted by Gasteiger charge is 2.14. The van der Waals surface area contributed by atoms with Crippen LogP contribution in [0.2, 0.25) is 5.02 Å². The van der Waals surface area contributed by atoms with Gasteiger partial charge < -0.3 is 14.6 Å². The lowest BCUT2D eigenvalue weighted by atomic mass is 10.2. The average molecular weight is 377 g/mol. The van der Waals surface area contributed by atoms with Gasteiger partial charge in [-0.2, -0.15) is 5.10 Å². The fourth-order valence-electron chi connectivity index (χ4n) is 2.10. The number of rotatable bonds is 7. The molecule has 0 aliphatic heterocycles. The van der Waals surface area contributed by atoms with Crippen LogP contribution < -0.4 is 14.9 Å². The highest BCUT2D eigenvalue weighted by atomic mass is 35.5. The summed E-state index contributed by atoms with van der Waals surface area (Å²) < 4.78 is 11.1. The predicted octanol–water partition coefficient (Wildman–Crippen LogP) is 4.00. The molecular weight excluding hydrogens is 356 g/mol. The maximum Gasteiger partial charge on any atom is 0.275 e. The molecule has 0 saturated heterocycles. The Kier molecular flexibility index (Phi) is 6.86. The minimum atomic E-state index is -0.519. The number of aromatic hydroxyl groups is 1. The number of amides is 1. The molecule has 0 aromatic heterocycles. The molecule has 0 bridgehead atoms. The fraction of sp³-hybridized carbons (Fsp3) is 0.263. The van der Waals surface area contributed by atoms with E-state index in [1.165, 1.54) is 25.5 Å². The molecule has 0 fully saturated rings. The lowest BCUT2D eigenvalue weighted by Gasteiger charge is -2.17. The van der Waals surface area contributed by atoms with Gasteiger partial charge in [0.1, 0.15) is 5.75 Å². The number of nitrogens with zero attached hydrogens (tertiary/aromatic N) is 1. The first-order valence-electron chi connectivity index (χ1n) is 8.11. The summed E-state index contributed by atoms with van der Waals surface area (Å²) in [5, 5.41) is 13.9. The fourth-order valence-corrected chi connectivity index (χ4v) is 2.37. The molecule has 0 aliphatic rings. The van der Waals surface area contributed by atoms with E-state index < -0.39 is 5.91 Å². The van der Waals surface area contributed by atoms with Crippen LogP contribution >= 0.6 is 11.6 Å². The molecular formula is C19H21ClN2O4. The number of phenols is 1. The number of nitrogens with one attached hydrogen (secondary N) is 1. The van der Waals surface area contributed by atoms with Gasteiger partial charge in [-0.25, -0.2) is 5.43 Å². The molecule has 6 nitrogen and oxygen atoms in total. The summed E-state index contributed by atoms with van der Waals surface area (Å²) in [6.07, 6.45) is 2.26. The lowest BCUT2D eigenvalue weighted by molar-refractivity contribution is 0.0952. The molecule has 26 heavy (non-hydrogen) atoms. The summed E-state index contributed by atoms with van der Waals surface area (Å²) in [6, 6.07) is 9.59. The third-order valence-corrected chi connectivity index (χ3v) is 3.95. The smallest absolute Gasteiger partial charge is 0.275 e. The Bertz CT molecular complexity index is 808. The second-order valence-corrected chi connectivity index (χ2v) is 5.99. The molecule has 2 aromatic rings. The highest BCUT2D eigenvalue weighted by molar-refractivity contribution is 6.32. The van der Waals surface area contributed by atoms with Gasteiger partial charge in [-0.1, -0.05) is 30.7 Å². The van der Waals surface area contributed by atoms with Crippen molar-refractivity contribution in [1.29, 1.82) is 0 Å². The number of methoxy groups -OCH3 is 1. The van der Waals surface area contributed by atoms with Crippen molar-refractivity contribution in [2.24, 2.45) is 5.10 Å². The number of hydrogen-bond donors (Lipinski definition) is 2. The zero-order chi connectivity index (χ0) is 19.1. The van der Waals surface area contributed by atoms with Gasteiger partial charge in [0.25, 0.3) is 5.91 Å². The van der Waals surface area contributed by atoms with Crippen LogP contribution in [0, 0.1) is 0 Å². The van der Waals surface area contributed by atoms with Crippen molar-refractivity contribution in [2.45, 2.75) is 26.4 Å². The lowest BCUT2D eigenvalue weighted by Crippen LogP contribution is -2.17. The van der Waals surface area contributed by atoms with Crippen molar-refractivity contribution < 1.29 is 19.4 Å². The van der Waals surface area contributed by atoms with Crippen molar-refractivity contribution >= 4 is 23.7 Å². The SMILES string of the molecule is CC[C@H](C)Oc1c(Cl)cc(/C=N/NC(=O)c2ccccc2O)cc1OC. The second kappa shape index (κ2) is 9.10.